The SMILES string of the molecule is Cn1cc(-c2ccnc(N3CCn4c(cc5c4CC(C)(C)C5)C3=O)c2CO)cc(NC=O)c1=O. The standard InChI is InChI=1S/C25H27N5O4/c1-25(2)10-15-9-20-24(34)30(7-6-29(20)21(15)11-25)22-18(13-31)17(4-5-26-22)16-8-19(27-14-32)23(33)28(3)12-16/h4-5,8-9,12,14,31H,6-7,10-11,13H2,1-3H3,(H,27,32). The summed E-state index contributed by atoms with van der Waals surface area (Å²) in [6.45, 7) is 5.26. The maximum atomic E-state index is 13.5. The van der Waals surface area contributed by atoms with Gasteiger partial charge in [-0.1, -0.05) is 13.8 Å². The van der Waals surface area contributed by atoms with E-state index in [-0.39, 0.29) is 29.2 Å². The van der Waals surface area contributed by atoms with Crippen molar-refractivity contribution >= 4 is 23.8 Å². The van der Waals surface area contributed by atoms with Crippen molar-refractivity contribution in [1.82, 2.24) is 14.1 Å². The lowest BCUT2D eigenvalue weighted by Crippen LogP contribution is -2.41. The molecule has 176 valence electrons. The zero-order chi connectivity index (χ0) is 24.2. The molecule has 1 aliphatic heterocycles. The summed E-state index contributed by atoms with van der Waals surface area (Å²) in [6, 6.07) is 5.29. The number of nitrogens with one attached hydrogen (secondary N) is 1. The number of nitrogens with zero attached hydrogens (tertiary/aromatic N) is 4. The van der Waals surface area contributed by atoms with Crippen LogP contribution in [0.4, 0.5) is 11.5 Å². The lowest BCUT2D eigenvalue weighted by atomic mass is 9.90. The summed E-state index contributed by atoms with van der Waals surface area (Å²) in [5, 5.41) is 12.7. The molecule has 0 saturated heterocycles. The Labute approximate surface area is 196 Å². The number of aryl methyl sites for hydroxylation is 1. The zero-order valence-electron chi connectivity index (χ0n) is 19.5. The fourth-order valence-corrected chi connectivity index (χ4v) is 5.28. The van der Waals surface area contributed by atoms with Crippen LogP contribution in [0, 0.1) is 5.41 Å². The molecule has 0 bridgehead atoms. The molecule has 34 heavy (non-hydrogen) atoms. The van der Waals surface area contributed by atoms with Gasteiger partial charge in [0.15, 0.2) is 0 Å². The topological polar surface area (TPSA) is 109 Å². The largest absolute Gasteiger partial charge is 0.392 e. The summed E-state index contributed by atoms with van der Waals surface area (Å²) in [5.41, 5.74) is 4.86. The van der Waals surface area contributed by atoms with E-state index in [4.69, 9.17) is 0 Å². The number of anilines is 2. The molecule has 0 fully saturated rings. The third kappa shape index (κ3) is 3.43. The van der Waals surface area contributed by atoms with E-state index in [1.54, 1.807) is 36.5 Å². The van der Waals surface area contributed by atoms with E-state index < -0.39 is 0 Å². The molecule has 4 heterocycles. The first kappa shape index (κ1) is 22.1. The van der Waals surface area contributed by atoms with E-state index in [1.165, 1.54) is 15.8 Å². The van der Waals surface area contributed by atoms with E-state index in [0.717, 1.165) is 12.8 Å². The Morgan fingerprint density at radius 1 is 1.21 bits per heavy atom. The van der Waals surface area contributed by atoms with Crippen LogP contribution in [0.1, 0.15) is 41.2 Å². The van der Waals surface area contributed by atoms with Crippen molar-refractivity contribution in [2.24, 2.45) is 12.5 Å². The number of carbonyl (C=O) groups excluding carboxylic acids is 2. The monoisotopic (exact) mass is 461 g/mol. The van der Waals surface area contributed by atoms with Crippen molar-refractivity contribution in [3.63, 3.8) is 0 Å². The molecule has 9 nitrogen and oxygen atoms in total. The second-order valence-corrected chi connectivity index (χ2v) is 9.77. The Morgan fingerprint density at radius 2 is 2.00 bits per heavy atom. The summed E-state index contributed by atoms with van der Waals surface area (Å²) in [6.07, 6.45) is 5.58. The average molecular weight is 462 g/mol. The Kier molecular flexibility index (Phi) is 5.16. The summed E-state index contributed by atoms with van der Waals surface area (Å²) in [7, 11) is 1.59. The molecule has 2 aliphatic rings. The van der Waals surface area contributed by atoms with Crippen molar-refractivity contribution in [2.75, 3.05) is 16.8 Å². The predicted molar refractivity (Wildman–Crippen MR) is 128 cm³/mol. The number of fused-ring (bicyclic) bond motifs is 3. The lowest BCUT2D eigenvalue weighted by molar-refractivity contribution is -0.105. The van der Waals surface area contributed by atoms with Gasteiger partial charge in [0.2, 0.25) is 6.41 Å². The van der Waals surface area contributed by atoms with Crippen LogP contribution in [0.5, 0.6) is 0 Å². The number of hydrogen-bond donors (Lipinski definition) is 2. The number of rotatable bonds is 5. The third-order valence-corrected chi connectivity index (χ3v) is 6.78. The fraction of sp³-hybridized carbons (Fsp3) is 0.360. The maximum absolute atomic E-state index is 13.5. The van der Waals surface area contributed by atoms with E-state index in [2.05, 4.69) is 28.7 Å². The van der Waals surface area contributed by atoms with Gasteiger partial charge < -0.3 is 19.6 Å². The molecule has 0 unspecified atom stereocenters. The minimum Gasteiger partial charge on any atom is -0.392 e. The van der Waals surface area contributed by atoms with Crippen LogP contribution in [0.3, 0.4) is 0 Å². The van der Waals surface area contributed by atoms with Gasteiger partial charge in [-0.05, 0) is 47.6 Å². The smallest absolute Gasteiger partial charge is 0.276 e. The van der Waals surface area contributed by atoms with E-state index in [9.17, 15) is 19.5 Å². The van der Waals surface area contributed by atoms with Crippen LogP contribution < -0.4 is 15.8 Å². The van der Waals surface area contributed by atoms with E-state index in [1.807, 2.05) is 6.07 Å². The van der Waals surface area contributed by atoms with E-state index in [0.29, 0.717) is 47.7 Å². The van der Waals surface area contributed by atoms with Gasteiger partial charge in [-0.3, -0.25) is 19.3 Å². The van der Waals surface area contributed by atoms with Crippen LogP contribution in [0.25, 0.3) is 11.1 Å². The summed E-state index contributed by atoms with van der Waals surface area (Å²) < 4.78 is 3.50. The summed E-state index contributed by atoms with van der Waals surface area (Å²) in [5.74, 6) is 0.262. The highest BCUT2D eigenvalue weighted by Gasteiger charge is 2.37. The zero-order valence-corrected chi connectivity index (χ0v) is 19.5. The first-order chi connectivity index (χ1) is 16.2. The molecule has 0 atom stereocenters. The number of aliphatic hydroxyl groups excluding tert-OH is 1. The van der Waals surface area contributed by atoms with Crippen LogP contribution in [0.15, 0.2) is 35.4 Å². The number of pyridine rings is 2. The van der Waals surface area contributed by atoms with Gasteiger partial charge in [-0.2, -0.15) is 0 Å². The van der Waals surface area contributed by atoms with Crippen LogP contribution in [-0.2, 0) is 37.8 Å². The van der Waals surface area contributed by atoms with Gasteiger partial charge >= 0.3 is 0 Å². The first-order valence-electron chi connectivity index (χ1n) is 11.3. The molecule has 9 heteroatoms. The summed E-state index contributed by atoms with van der Waals surface area (Å²) in [4.78, 5) is 42.8. The highest BCUT2D eigenvalue weighted by atomic mass is 16.3. The Bertz CT molecular complexity index is 1380. The van der Waals surface area contributed by atoms with Gasteiger partial charge in [0.1, 0.15) is 17.2 Å². The number of aliphatic hydroxyl groups is 1. The molecule has 3 aromatic rings. The normalized spacial score (nSPS) is 16.4. The number of aromatic nitrogens is 3. The Morgan fingerprint density at radius 3 is 2.74 bits per heavy atom. The molecule has 3 aromatic heterocycles. The predicted octanol–water partition coefficient (Wildman–Crippen LogP) is 2.09. The van der Waals surface area contributed by atoms with Crippen molar-refractivity contribution in [2.45, 2.75) is 39.8 Å². The molecular formula is C25H27N5O4. The van der Waals surface area contributed by atoms with Gasteiger partial charge in [0.25, 0.3) is 11.5 Å². The molecule has 0 radical (unpaired) electrons. The van der Waals surface area contributed by atoms with Crippen molar-refractivity contribution < 1.29 is 14.7 Å². The van der Waals surface area contributed by atoms with Crippen molar-refractivity contribution in [3.05, 3.63) is 63.5 Å². The average Bonchev–Trinajstić information content (AvgIpc) is 3.29. The van der Waals surface area contributed by atoms with Crippen LogP contribution in [-0.4, -0.2) is 38.1 Å². The van der Waals surface area contributed by atoms with Crippen LogP contribution >= 0.6 is 0 Å². The lowest BCUT2D eigenvalue weighted by Gasteiger charge is -2.31. The highest BCUT2D eigenvalue weighted by Crippen LogP contribution is 2.40. The fourth-order valence-electron chi connectivity index (χ4n) is 5.28. The van der Waals surface area contributed by atoms with Crippen LogP contribution in [0.2, 0.25) is 0 Å². The first-order valence-corrected chi connectivity index (χ1v) is 11.3. The number of amides is 2. The minimum atomic E-state index is -0.348. The third-order valence-electron chi connectivity index (χ3n) is 6.78. The van der Waals surface area contributed by atoms with E-state index >= 15 is 0 Å². The Balaban J connectivity index is 1.56. The molecule has 2 N–H and O–H groups in total. The highest BCUT2D eigenvalue weighted by molar-refractivity contribution is 6.06. The van der Waals surface area contributed by atoms with Gasteiger partial charge in [-0.25, -0.2) is 4.98 Å². The quantitative estimate of drug-likeness (QED) is 0.566. The molecule has 0 saturated carbocycles. The number of carbonyl (C=O) groups is 2. The Hall–Kier alpha value is -3.72. The summed E-state index contributed by atoms with van der Waals surface area (Å²) >= 11 is 0. The molecule has 0 aromatic carbocycles. The van der Waals surface area contributed by atoms with Crippen molar-refractivity contribution in [1.29, 1.82) is 0 Å². The second-order valence-electron chi connectivity index (χ2n) is 9.77. The molecule has 2 amide bonds. The second kappa shape index (κ2) is 7.95. The number of hydrogen-bond acceptors (Lipinski definition) is 5. The molecule has 5 rings (SSSR count). The molecule has 0 spiro atoms. The maximum Gasteiger partial charge on any atom is 0.276 e. The van der Waals surface area contributed by atoms with Gasteiger partial charge in [0.05, 0.1) is 6.61 Å². The molecular weight excluding hydrogens is 434 g/mol. The van der Waals surface area contributed by atoms with Crippen molar-refractivity contribution in [3.8, 4) is 11.1 Å². The van der Waals surface area contributed by atoms with Gasteiger partial charge in [-0.15, -0.1) is 0 Å². The molecule has 1 aliphatic carbocycles. The van der Waals surface area contributed by atoms with Gasteiger partial charge in [0, 0.05) is 49.4 Å². The minimum absolute atomic E-state index is 0.126.